The maximum atomic E-state index is 12.1. The van der Waals surface area contributed by atoms with E-state index in [1.807, 2.05) is 0 Å². The summed E-state index contributed by atoms with van der Waals surface area (Å²) in [6.45, 7) is 5.86. The van der Waals surface area contributed by atoms with Crippen LogP contribution in [0, 0.1) is 0 Å². The summed E-state index contributed by atoms with van der Waals surface area (Å²) >= 11 is 1.51. The molecule has 28 heavy (non-hydrogen) atoms. The second-order valence-corrected chi connectivity index (χ2v) is 8.28. The van der Waals surface area contributed by atoms with Gasteiger partial charge in [0.15, 0.2) is 0 Å². The van der Waals surface area contributed by atoms with Crippen molar-refractivity contribution in [2.45, 2.75) is 39.2 Å². The Labute approximate surface area is 167 Å². The van der Waals surface area contributed by atoms with Crippen LogP contribution < -0.4 is 5.32 Å². The van der Waals surface area contributed by atoms with Crippen LogP contribution >= 0.6 is 11.8 Å². The van der Waals surface area contributed by atoms with Gasteiger partial charge in [-0.25, -0.2) is 9.59 Å². The second-order valence-electron chi connectivity index (χ2n) is 7.06. The van der Waals surface area contributed by atoms with Crippen molar-refractivity contribution in [2.24, 2.45) is 0 Å². The molecule has 1 heterocycles. The third-order valence-corrected chi connectivity index (χ3v) is 4.60. The number of nitrogens with zero attached hydrogens (tertiary/aromatic N) is 1. The van der Waals surface area contributed by atoms with Crippen LogP contribution in [-0.2, 0) is 14.4 Å². The zero-order valence-corrected chi connectivity index (χ0v) is 17.0. The Balaban J connectivity index is 1.60. The quantitative estimate of drug-likeness (QED) is 0.521. The number of fused-ring (bicyclic) bond motifs is 1. The van der Waals surface area contributed by atoms with Crippen molar-refractivity contribution in [3.8, 4) is 0 Å². The second kappa shape index (κ2) is 9.59. The van der Waals surface area contributed by atoms with Crippen molar-refractivity contribution in [1.82, 2.24) is 10.4 Å². The van der Waals surface area contributed by atoms with E-state index in [2.05, 4.69) is 5.32 Å². The number of carbonyl (C=O) groups excluding carboxylic acids is 4. The first kappa shape index (κ1) is 21.7. The molecule has 0 unspecified atom stereocenters. The molecule has 1 aliphatic heterocycles. The first-order valence-corrected chi connectivity index (χ1v) is 10.1. The summed E-state index contributed by atoms with van der Waals surface area (Å²) in [5, 5.41) is 3.17. The molecule has 2 rings (SSSR count). The zero-order valence-electron chi connectivity index (χ0n) is 16.1. The molecule has 1 N–H and O–H groups in total. The molecule has 3 amide bonds. The van der Waals surface area contributed by atoms with Gasteiger partial charge in [0.05, 0.1) is 17.5 Å². The summed E-state index contributed by atoms with van der Waals surface area (Å²) in [7, 11) is 0. The van der Waals surface area contributed by atoms with Gasteiger partial charge < -0.3 is 14.9 Å². The van der Waals surface area contributed by atoms with Gasteiger partial charge in [0, 0.05) is 12.3 Å². The molecule has 1 aromatic carbocycles. The summed E-state index contributed by atoms with van der Waals surface area (Å²) < 4.78 is 5.12. The van der Waals surface area contributed by atoms with E-state index in [9.17, 15) is 19.2 Å². The molecular formula is C19H24N2O6S. The number of amides is 3. The predicted octanol–water partition coefficient (Wildman–Crippen LogP) is 2.78. The Bertz CT molecular complexity index is 724. The molecule has 1 aromatic rings. The van der Waals surface area contributed by atoms with Crippen molar-refractivity contribution in [1.29, 1.82) is 0 Å². The average Bonchev–Trinajstić information content (AvgIpc) is 2.85. The first-order chi connectivity index (χ1) is 13.2. The van der Waals surface area contributed by atoms with Gasteiger partial charge in [0.1, 0.15) is 5.60 Å². The fraction of sp³-hybridized carbons (Fsp3) is 0.474. The number of nitrogens with one attached hydrogen (secondary N) is 1. The third kappa shape index (κ3) is 6.26. The molecule has 0 fully saturated rings. The lowest BCUT2D eigenvalue weighted by Crippen LogP contribution is -2.33. The number of hydroxylamine groups is 2. The van der Waals surface area contributed by atoms with Crippen LogP contribution in [0.15, 0.2) is 24.3 Å². The number of alkyl carbamates (subject to hydrolysis) is 1. The number of carbonyl (C=O) groups is 4. The minimum atomic E-state index is -0.645. The van der Waals surface area contributed by atoms with Gasteiger partial charge in [-0.15, -0.1) is 0 Å². The lowest BCUT2D eigenvalue weighted by atomic mass is 10.1. The third-order valence-electron chi connectivity index (χ3n) is 3.53. The zero-order chi connectivity index (χ0) is 20.7. The van der Waals surface area contributed by atoms with E-state index in [0.29, 0.717) is 17.4 Å². The van der Waals surface area contributed by atoms with E-state index in [1.165, 1.54) is 23.9 Å². The van der Waals surface area contributed by atoms with Gasteiger partial charge in [-0.2, -0.15) is 11.8 Å². The van der Waals surface area contributed by atoms with Gasteiger partial charge >= 0.3 is 12.1 Å². The van der Waals surface area contributed by atoms with Crippen molar-refractivity contribution in [3.05, 3.63) is 35.4 Å². The van der Waals surface area contributed by atoms with Crippen molar-refractivity contribution < 1.29 is 28.8 Å². The number of ether oxygens (including phenoxy) is 1. The summed E-state index contributed by atoms with van der Waals surface area (Å²) in [4.78, 5) is 52.5. The molecule has 0 saturated carbocycles. The van der Waals surface area contributed by atoms with E-state index in [-0.39, 0.29) is 17.5 Å². The number of thioether (sulfide) groups is 1. The van der Waals surface area contributed by atoms with Crippen molar-refractivity contribution in [3.63, 3.8) is 0 Å². The van der Waals surface area contributed by atoms with Crippen LogP contribution in [-0.4, -0.2) is 52.6 Å². The van der Waals surface area contributed by atoms with Crippen LogP contribution in [0.5, 0.6) is 0 Å². The summed E-state index contributed by atoms with van der Waals surface area (Å²) in [5.74, 6) is -0.691. The van der Waals surface area contributed by atoms with Gasteiger partial charge in [-0.3, -0.25) is 9.59 Å². The van der Waals surface area contributed by atoms with Gasteiger partial charge in [0.25, 0.3) is 11.8 Å². The highest BCUT2D eigenvalue weighted by Crippen LogP contribution is 2.23. The van der Waals surface area contributed by atoms with E-state index in [4.69, 9.17) is 9.57 Å². The SMILES string of the molecule is CC(C)(C)OC(=O)NCCCSCCC(=O)ON1C(=O)c2ccccc2C1=O. The van der Waals surface area contributed by atoms with Crippen molar-refractivity contribution >= 4 is 35.6 Å². The Morgan fingerprint density at radius 3 is 2.25 bits per heavy atom. The van der Waals surface area contributed by atoms with E-state index in [1.54, 1.807) is 32.9 Å². The lowest BCUT2D eigenvalue weighted by molar-refractivity contribution is -0.167. The van der Waals surface area contributed by atoms with Crippen LogP contribution in [0.1, 0.15) is 54.3 Å². The Morgan fingerprint density at radius 1 is 1.07 bits per heavy atom. The van der Waals surface area contributed by atoms with E-state index in [0.717, 1.165) is 12.2 Å². The molecule has 1 aliphatic rings. The van der Waals surface area contributed by atoms with Crippen LogP contribution in [0.25, 0.3) is 0 Å². The highest BCUT2D eigenvalue weighted by Gasteiger charge is 2.38. The predicted molar refractivity (Wildman–Crippen MR) is 104 cm³/mol. The molecule has 0 aliphatic carbocycles. The number of rotatable bonds is 8. The van der Waals surface area contributed by atoms with Crippen molar-refractivity contribution in [2.75, 3.05) is 18.1 Å². The summed E-state index contributed by atoms with van der Waals surface area (Å²) in [6, 6.07) is 6.32. The minimum Gasteiger partial charge on any atom is -0.444 e. The Hall–Kier alpha value is -2.55. The molecule has 0 atom stereocenters. The largest absolute Gasteiger partial charge is 0.444 e. The average molecular weight is 408 g/mol. The molecule has 152 valence electrons. The molecule has 0 aromatic heterocycles. The van der Waals surface area contributed by atoms with Gasteiger partial charge in [0.2, 0.25) is 0 Å². The lowest BCUT2D eigenvalue weighted by Gasteiger charge is -2.19. The highest BCUT2D eigenvalue weighted by molar-refractivity contribution is 7.99. The van der Waals surface area contributed by atoms with Crippen LogP contribution in [0.4, 0.5) is 4.79 Å². The molecule has 0 radical (unpaired) electrons. The molecule has 0 bridgehead atoms. The highest BCUT2D eigenvalue weighted by atomic mass is 32.2. The Kier molecular flexibility index (Phi) is 7.45. The Morgan fingerprint density at radius 2 is 1.68 bits per heavy atom. The van der Waals surface area contributed by atoms with E-state index < -0.39 is 29.5 Å². The summed E-state index contributed by atoms with van der Waals surface area (Å²) in [5.41, 5.74) is -0.0714. The standard InChI is InChI=1S/C19H24N2O6S/c1-19(2,3)26-18(25)20-10-6-11-28-12-9-15(22)27-21-16(23)13-7-4-5-8-14(13)17(21)24/h4-5,7-8H,6,9-12H2,1-3H3,(H,20,25). The minimum absolute atomic E-state index is 0.0670. The fourth-order valence-electron chi connectivity index (χ4n) is 2.33. The van der Waals surface area contributed by atoms with E-state index >= 15 is 0 Å². The topological polar surface area (TPSA) is 102 Å². The normalized spacial score (nSPS) is 13.3. The first-order valence-electron chi connectivity index (χ1n) is 8.92. The van der Waals surface area contributed by atoms with Gasteiger partial charge in [-0.1, -0.05) is 17.2 Å². The monoisotopic (exact) mass is 408 g/mol. The molecule has 8 nitrogen and oxygen atoms in total. The van der Waals surface area contributed by atoms with Gasteiger partial charge in [-0.05, 0) is 45.1 Å². The maximum Gasteiger partial charge on any atom is 0.407 e. The molecule has 9 heteroatoms. The fourth-order valence-corrected chi connectivity index (χ4v) is 3.20. The summed E-state index contributed by atoms with van der Waals surface area (Å²) in [6.07, 6.45) is 0.330. The van der Waals surface area contributed by atoms with Crippen LogP contribution in [0.3, 0.4) is 0 Å². The number of hydrogen-bond donors (Lipinski definition) is 1. The molecular weight excluding hydrogens is 384 g/mol. The van der Waals surface area contributed by atoms with Crippen LogP contribution in [0.2, 0.25) is 0 Å². The number of hydrogen-bond acceptors (Lipinski definition) is 7. The smallest absolute Gasteiger partial charge is 0.407 e. The molecule has 0 spiro atoms. The maximum absolute atomic E-state index is 12.1. The number of imide groups is 1. The molecule has 0 saturated heterocycles. The number of benzene rings is 1.